The normalized spacial score (nSPS) is 17.4. The molecule has 7 nitrogen and oxygen atoms in total. The van der Waals surface area contributed by atoms with Gasteiger partial charge >= 0.3 is 0 Å². The van der Waals surface area contributed by atoms with Crippen LogP contribution in [-0.4, -0.2) is 81.1 Å². The van der Waals surface area contributed by atoms with Crippen LogP contribution in [0.3, 0.4) is 0 Å². The third-order valence-electron chi connectivity index (χ3n) is 5.35. The van der Waals surface area contributed by atoms with Crippen molar-refractivity contribution in [3.05, 3.63) is 24.3 Å². The Hall–Kier alpha value is -1.71. The van der Waals surface area contributed by atoms with E-state index in [-0.39, 0.29) is 24.0 Å². The van der Waals surface area contributed by atoms with Crippen LogP contribution in [0.5, 0.6) is 5.75 Å². The molecule has 0 aliphatic carbocycles. The first-order chi connectivity index (χ1) is 13.7. The van der Waals surface area contributed by atoms with Crippen LogP contribution < -0.4 is 15.0 Å². The molecule has 2 aliphatic heterocycles. The topological polar surface area (TPSA) is 60.4 Å². The van der Waals surface area contributed by atoms with Crippen molar-refractivity contribution in [2.75, 3.05) is 64.4 Å². The number of benzene rings is 1. The largest absolute Gasteiger partial charge is 0.497 e. The van der Waals surface area contributed by atoms with Crippen LogP contribution in [0.25, 0.3) is 0 Å². The predicted octanol–water partition coefficient (Wildman–Crippen LogP) is 2.41. The highest BCUT2D eigenvalue weighted by atomic mass is 127. The monoisotopic (exact) mass is 515 g/mol. The third-order valence-corrected chi connectivity index (χ3v) is 5.35. The maximum atomic E-state index is 11.7. The van der Waals surface area contributed by atoms with E-state index < -0.39 is 0 Å². The van der Waals surface area contributed by atoms with Gasteiger partial charge in [0.2, 0.25) is 5.91 Å². The maximum Gasteiger partial charge on any atom is 0.222 e. The molecule has 2 heterocycles. The van der Waals surface area contributed by atoms with Gasteiger partial charge < -0.3 is 24.8 Å². The van der Waals surface area contributed by atoms with Crippen molar-refractivity contribution in [2.24, 2.45) is 4.99 Å². The Kier molecular flexibility index (Phi) is 9.83. The minimum atomic E-state index is 0. The molecular weight excluding hydrogens is 481 g/mol. The van der Waals surface area contributed by atoms with Gasteiger partial charge in [-0.05, 0) is 31.9 Å². The standard InChI is InChI=1S/C21H33N5O2.HI/c1-3-22-21(23-10-6-12-25-11-5-9-20(25)27)26-15-13-24(14-16-26)18-7-4-8-19(17-18)28-2;/h4,7-8,17H,3,5-6,9-16H2,1-2H3,(H,22,23);1H. The molecule has 0 spiro atoms. The summed E-state index contributed by atoms with van der Waals surface area (Å²) < 4.78 is 5.34. The number of halogens is 1. The fourth-order valence-electron chi connectivity index (χ4n) is 3.80. The van der Waals surface area contributed by atoms with Crippen LogP contribution in [0.2, 0.25) is 0 Å². The lowest BCUT2D eigenvalue weighted by atomic mass is 10.2. The highest BCUT2D eigenvalue weighted by molar-refractivity contribution is 14.0. The van der Waals surface area contributed by atoms with E-state index in [2.05, 4.69) is 34.2 Å². The third kappa shape index (κ3) is 6.65. The van der Waals surface area contributed by atoms with E-state index in [9.17, 15) is 4.79 Å². The summed E-state index contributed by atoms with van der Waals surface area (Å²) in [5.74, 6) is 2.18. The minimum absolute atomic E-state index is 0. The number of guanidine groups is 1. The Labute approximate surface area is 191 Å². The molecule has 1 aromatic carbocycles. The van der Waals surface area contributed by atoms with E-state index in [4.69, 9.17) is 9.73 Å². The molecule has 2 fully saturated rings. The molecule has 2 saturated heterocycles. The van der Waals surface area contributed by atoms with Crippen LogP contribution in [0.4, 0.5) is 5.69 Å². The average Bonchev–Trinajstić information content (AvgIpc) is 3.15. The van der Waals surface area contributed by atoms with Crippen molar-refractivity contribution in [3.63, 3.8) is 0 Å². The summed E-state index contributed by atoms with van der Waals surface area (Å²) in [6.45, 7) is 9.24. The highest BCUT2D eigenvalue weighted by Crippen LogP contribution is 2.22. The first-order valence-electron chi connectivity index (χ1n) is 10.4. The summed E-state index contributed by atoms with van der Waals surface area (Å²) in [7, 11) is 1.70. The number of hydrogen-bond donors (Lipinski definition) is 1. The molecule has 0 atom stereocenters. The number of anilines is 1. The highest BCUT2D eigenvalue weighted by Gasteiger charge is 2.21. The molecule has 8 heteroatoms. The summed E-state index contributed by atoms with van der Waals surface area (Å²) in [5.41, 5.74) is 1.20. The van der Waals surface area contributed by atoms with Crippen LogP contribution in [0.1, 0.15) is 26.2 Å². The zero-order chi connectivity index (χ0) is 19.8. The number of aliphatic imine (C=N–C) groups is 1. The number of methoxy groups -OCH3 is 1. The molecule has 29 heavy (non-hydrogen) atoms. The lowest BCUT2D eigenvalue weighted by Gasteiger charge is -2.37. The van der Waals surface area contributed by atoms with Crippen molar-refractivity contribution < 1.29 is 9.53 Å². The van der Waals surface area contributed by atoms with E-state index in [0.717, 1.165) is 76.9 Å². The van der Waals surface area contributed by atoms with Gasteiger partial charge in [0, 0.05) is 70.5 Å². The van der Waals surface area contributed by atoms with Crippen molar-refractivity contribution in [1.82, 2.24) is 15.1 Å². The van der Waals surface area contributed by atoms with Gasteiger partial charge in [0.15, 0.2) is 5.96 Å². The van der Waals surface area contributed by atoms with E-state index in [0.29, 0.717) is 12.3 Å². The van der Waals surface area contributed by atoms with Crippen LogP contribution in [-0.2, 0) is 4.79 Å². The van der Waals surface area contributed by atoms with Crippen LogP contribution in [0, 0.1) is 0 Å². The smallest absolute Gasteiger partial charge is 0.222 e. The molecule has 162 valence electrons. The number of nitrogens with one attached hydrogen (secondary N) is 1. The second kappa shape index (κ2) is 12.1. The fraction of sp³-hybridized carbons (Fsp3) is 0.619. The number of likely N-dealkylation sites (tertiary alicyclic amines) is 1. The zero-order valence-corrected chi connectivity index (χ0v) is 19.9. The molecule has 1 N–H and O–H groups in total. The predicted molar refractivity (Wildman–Crippen MR) is 129 cm³/mol. The van der Waals surface area contributed by atoms with Gasteiger partial charge in [0.05, 0.1) is 7.11 Å². The number of nitrogens with zero attached hydrogens (tertiary/aromatic N) is 4. The molecule has 0 unspecified atom stereocenters. The fourth-order valence-corrected chi connectivity index (χ4v) is 3.80. The minimum Gasteiger partial charge on any atom is -0.497 e. The summed E-state index contributed by atoms with van der Waals surface area (Å²) in [5, 5.41) is 3.42. The molecular formula is C21H34IN5O2. The number of carbonyl (C=O) groups is 1. The quantitative estimate of drug-likeness (QED) is 0.262. The number of ether oxygens (including phenoxy) is 1. The van der Waals surface area contributed by atoms with Gasteiger partial charge in [-0.1, -0.05) is 6.07 Å². The Morgan fingerprint density at radius 3 is 2.66 bits per heavy atom. The molecule has 0 bridgehead atoms. The second-order valence-electron chi connectivity index (χ2n) is 7.25. The van der Waals surface area contributed by atoms with Crippen LogP contribution >= 0.6 is 24.0 Å². The number of rotatable bonds is 7. The molecule has 1 aromatic rings. The number of amides is 1. The summed E-state index contributed by atoms with van der Waals surface area (Å²) >= 11 is 0. The Morgan fingerprint density at radius 1 is 1.21 bits per heavy atom. The zero-order valence-electron chi connectivity index (χ0n) is 17.6. The van der Waals surface area contributed by atoms with Gasteiger partial charge in [-0.2, -0.15) is 0 Å². The average molecular weight is 515 g/mol. The number of carbonyl (C=O) groups excluding carboxylic acids is 1. The van der Waals surface area contributed by atoms with Gasteiger partial charge in [0.25, 0.3) is 0 Å². The van der Waals surface area contributed by atoms with Gasteiger partial charge in [-0.25, -0.2) is 0 Å². The molecule has 2 aliphatic rings. The lowest BCUT2D eigenvalue weighted by Crippen LogP contribution is -2.52. The first kappa shape index (κ1) is 23.6. The van der Waals surface area contributed by atoms with E-state index in [1.54, 1.807) is 7.11 Å². The van der Waals surface area contributed by atoms with Crippen LogP contribution in [0.15, 0.2) is 29.3 Å². The molecule has 0 saturated carbocycles. The first-order valence-corrected chi connectivity index (χ1v) is 10.4. The van der Waals surface area contributed by atoms with Gasteiger partial charge in [-0.15, -0.1) is 24.0 Å². The van der Waals surface area contributed by atoms with Crippen molar-refractivity contribution in [3.8, 4) is 5.75 Å². The molecule has 1 amide bonds. The number of hydrogen-bond acceptors (Lipinski definition) is 4. The SMILES string of the molecule is CCNC(=NCCCN1CCCC1=O)N1CCN(c2cccc(OC)c2)CC1.I. The van der Waals surface area contributed by atoms with Gasteiger partial charge in [-0.3, -0.25) is 9.79 Å². The lowest BCUT2D eigenvalue weighted by molar-refractivity contribution is -0.127. The summed E-state index contributed by atoms with van der Waals surface area (Å²) in [6.07, 6.45) is 2.64. The van der Waals surface area contributed by atoms with Gasteiger partial charge in [0.1, 0.15) is 5.75 Å². The van der Waals surface area contributed by atoms with E-state index >= 15 is 0 Å². The Balaban J connectivity index is 0.00000300. The molecule has 0 radical (unpaired) electrons. The van der Waals surface area contributed by atoms with Crippen molar-refractivity contribution in [1.29, 1.82) is 0 Å². The summed E-state index contributed by atoms with van der Waals surface area (Å²) in [4.78, 5) is 23.2. The number of piperazine rings is 1. The Morgan fingerprint density at radius 2 is 2.00 bits per heavy atom. The molecule has 3 rings (SSSR count). The second-order valence-corrected chi connectivity index (χ2v) is 7.25. The summed E-state index contributed by atoms with van der Waals surface area (Å²) in [6, 6.07) is 8.24. The van der Waals surface area contributed by atoms with E-state index in [1.165, 1.54) is 5.69 Å². The maximum absolute atomic E-state index is 11.7. The van der Waals surface area contributed by atoms with Crippen molar-refractivity contribution >= 4 is 41.5 Å². The Bertz CT molecular complexity index is 677. The molecule has 0 aromatic heterocycles. The van der Waals surface area contributed by atoms with Crippen molar-refractivity contribution in [2.45, 2.75) is 26.2 Å². The van der Waals surface area contributed by atoms with E-state index in [1.807, 2.05) is 17.0 Å².